The van der Waals surface area contributed by atoms with Crippen LogP contribution in [-0.4, -0.2) is 40.4 Å². The molecule has 2 aromatic carbocycles. The lowest BCUT2D eigenvalue weighted by molar-refractivity contribution is -0.234. The molecular weight excluding hydrogens is 601 g/mol. The van der Waals surface area contributed by atoms with Crippen molar-refractivity contribution in [2.24, 2.45) is 5.92 Å². The van der Waals surface area contributed by atoms with E-state index in [1.807, 2.05) is 0 Å². The second kappa shape index (κ2) is 12.3. The number of aromatic amines is 1. The molecule has 2 unspecified atom stereocenters. The summed E-state index contributed by atoms with van der Waals surface area (Å²) in [5.41, 5.74) is -1.17. The molecule has 2 aromatic heterocycles. The summed E-state index contributed by atoms with van der Waals surface area (Å²) in [4.78, 5) is 21.1. The number of H-pyrrole nitrogens is 1. The van der Waals surface area contributed by atoms with E-state index in [9.17, 15) is 13.2 Å². The van der Waals surface area contributed by atoms with Crippen LogP contribution >= 0.6 is 11.6 Å². The average molecular weight is 633 g/mol. The van der Waals surface area contributed by atoms with Crippen LogP contribution in [0, 0.1) is 5.92 Å². The van der Waals surface area contributed by atoms with Crippen LogP contribution < -0.4 is 5.32 Å². The maximum atomic E-state index is 15.1. The fourth-order valence-electron chi connectivity index (χ4n) is 6.08. The number of alkyl halides is 3. The minimum absolute atomic E-state index is 0.0792. The van der Waals surface area contributed by atoms with Gasteiger partial charge in [-0.1, -0.05) is 71.6 Å². The molecule has 0 spiro atoms. The highest BCUT2D eigenvalue weighted by molar-refractivity contribution is 7.89. The number of aromatic nitrogens is 2. The highest BCUT2D eigenvalue weighted by Gasteiger charge is 2.60. The van der Waals surface area contributed by atoms with Gasteiger partial charge in [0, 0.05) is 29.7 Å². The van der Waals surface area contributed by atoms with Crippen LogP contribution in [0.1, 0.15) is 56.3 Å². The first-order chi connectivity index (χ1) is 20.4. The smallest absolute Gasteiger partial charge is 0.361 e. The minimum atomic E-state index is -5.48. The molecule has 1 amide bonds. The molecule has 0 bridgehead atoms. The number of halogens is 4. The van der Waals surface area contributed by atoms with E-state index in [0.717, 1.165) is 45.1 Å². The number of amides is 1. The van der Waals surface area contributed by atoms with Crippen molar-refractivity contribution in [3.05, 3.63) is 95.4 Å². The number of benzene rings is 2. The molecule has 228 valence electrons. The number of carbonyl (C=O) groups excluding carboxylic acids is 1. The Morgan fingerprint density at radius 3 is 2.40 bits per heavy atom. The van der Waals surface area contributed by atoms with Crippen molar-refractivity contribution in [3.8, 4) is 0 Å². The van der Waals surface area contributed by atoms with Crippen LogP contribution in [0.3, 0.4) is 0 Å². The Hall–Kier alpha value is -3.41. The number of carbonyl (C=O) groups is 1. The normalized spacial score (nSPS) is 17.1. The topological polar surface area (TPSA) is 95.2 Å². The molecule has 4 aromatic rings. The number of rotatable bonds is 9. The van der Waals surface area contributed by atoms with Gasteiger partial charge >= 0.3 is 6.30 Å². The highest BCUT2D eigenvalue weighted by Crippen LogP contribution is 2.42. The molecule has 1 fully saturated rings. The first-order valence-corrected chi connectivity index (χ1v) is 15.9. The van der Waals surface area contributed by atoms with Crippen molar-refractivity contribution >= 4 is 38.4 Å². The van der Waals surface area contributed by atoms with Gasteiger partial charge in [-0.2, -0.15) is 13.2 Å². The van der Waals surface area contributed by atoms with Gasteiger partial charge < -0.3 is 10.3 Å². The Morgan fingerprint density at radius 2 is 1.72 bits per heavy atom. The zero-order valence-corrected chi connectivity index (χ0v) is 25.0. The Balaban J connectivity index is 1.66. The van der Waals surface area contributed by atoms with Crippen molar-refractivity contribution in [3.63, 3.8) is 0 Å². The van der Waals surface area contributed by atoms with Crippen molar-refractivity contribution in [2.75, 3.05) is 0 Å². The standard InChI is InChI=1S/C31H32ClF3N4O3S/c1-30(19-22-20-37-25-15-7-5-13-23(22)25,39(31(33,34)35)43(41,42)27-17-8-6-14-24(27)32)29(40)38-28(21-11-3-2-4-12-21)26-16-9-10-18-36-26/h5-10,13-18,20-21,28,37H,2-4,11-12,19H2,1H3,(H,38,40). The van der Waals surface area contributed by atoms with E-state index in [0.29, 0.717) is 22.2 Å². The zero-order chi connectivity index (χ0) is 30.8. The van der Waals surface area contributed by atoms with Crippen LogP contribution in [0.5, 0.6) is 0 Å². The fraction of sp³-hybridized carbons (Fsp3) is 0.355. The summed E-state index contributed by atoms with van der Waals surface area (Å²) in [7, 11) is -5.38. The number of fused-ring (bicyclic) bond motifs is 1. The molecule has 7 nitrogen and oxygen atoms in total. The fourth-order valence-corrected chi connectivity index (χ4v) is 8.22. The number of para-hydroxylation sites is 1. The predicted octanol–water partition coefficient (Wildman–Crippen LogP) is 7.17. The first-order valence-electron chi connectivity index (χ1n) is 14.1. The third-order valence-corrected chi connectivity index (χ3v) is 10.6. The van der Waals surface area contributed by atoms with Crippen LogP contribution in [0.2, 0.25) is 5.02 Å². The Labute approximate surface area is 253 Å². The van der Waals surface area contributed by atoms with E-state index in [-0.39, 0.29) is 10.9 Å². The quantitative estimate of drug-likeness (QED) is 0.191. The summed E-state index contributed by atoms with van der Waals surface area (Å²) < 4.78 is 72.7. The van der Waals surface area contributed by atoms with E-state index >= 15 is 13.2 Å². The van der Waals surface area contributed by atoms with Crippen LogP contribution in [0.15, 0.2) is 84.0 Å². The summed E-state index contributed by atoms with van der Waals surface area (Å²) in [5.74, 6) is -1.17. The van der Waals surface area contributed by atoms with Crippen LogP contribution in [0.4, 0.5) is 13.2 Å². The van der Waals surface area contributed by atoms with Crippen LogP contribution in [-0.2, 0) is 21.2 Å². The van der Waals surface area contributed by atoms with Crippen molar-refractivity contribution in [2.45, 2.75) is 68.2 Å². The molecular formula is C31H32ClF3N4O3S. The van der Waals surface area contributed by atoms with E-state index in [2.05, 4.69) is 15.3 Å². The van der Waals surface area contributed by atoms with Gasteiger partial charge in [-0.05, 0) is 61.6 Å². The Kier molecular flexibility index (Phi) is 8.87. The third kappa shape index (κ3) is 6.30. The third-order valence-electron chi connectivity index (χ3n) is 8.15. The van der Waals surface area contributed by atoms with Gasteiger partial charge in [-0.3, -0.25) is 9.78 Å². The highest BCUT2D eigenvalue weighted by atomic mass is 35.5. The maximum absolute atomic E-state index is 15.1. The number of hydrogen-bond acceptors (Lipinski definition) is 4. The molecule has 2 heterocycles. The van der Waals surface area contributed by atoms with Crippen molar-refractivity contribution in [1.82, 2.24) is 19.6 Å². The summed E-state index contributed by atoms with van der Waals surface area (Å²) >= 11 is 6.13. The van der Waals surface area contributed by atoms with Gasteiger partial charge in [0.2, 0.25) is 5.91 Å². The Morgan fingerprint density at radius 1 is 1.05 bits per heavy atom. The molecule has 0 radical (unpaired) electrons. The van der Waals surface area contributed by atoms with E-state index in [4.69, 9.17) is 11.6 Å². The molecule has 2 N–H and O–H groups in total. The molecule has 0 aliphatic heterocycles. The Bertz CT molecular complexity index is 1690. The van der Waals surface area contributed by atoms with Gasteiger partial charge in [0.15, 0.2) is 0 Å². The second-order valence-corrected chi connectivity index (χ2v) is 13.2. The van der Waals surface area contributed by atoms with E-state index in [1.165, 1.54) is 24.4 Å². The van der Waals surface area contributed by atoms with Gasteiger partial charge in [-0.25, -0.2) is 8.42 Å². The summed E-state index contributed by atoms with van der Waals surface area (Å²) in [6.45, 7) is 1.02. The molecule has 1 aliphatic carbocycles. The monoisotopic (exact) mass is 632 g/mol. The van der Waals surface area contributed by atoms with E-state index in [1.54, 1.807) is 48.7 Å². The number of hydrogen-bond donors (Lipinski definition) is 2. The average Bonchev–Trinajstić information content (AvgIpc) is 3.38. The summed E-state index contributed by atoms with van der Waals surface area (Å²) in [6, 6.07) is 16.3. The SMILES string of the molecule is CC(Cc1c[nH]c2ccccc12)(C(=O)NC(c1ccccn1)C1CCCCC1)N(C(F)(F)F)S(=O)(=O)c1ccccc1Cl. The molecule has 1 aliphatic rings. The first kappa shape index (κ1) is 31.0. The number of pyridine rings is 1. The molecule has 2 atom stereocenters. The molecule has 1 saturated carbocycles. The number of nitrogens with zero attached hydrogens (tertiary/aromatic N) is 2. The van der Waals surface area contributed by atoms with Crippen molar-refractivity contribution < 1.29 is 26.4 Å². The summed E-state index contributed by atoms with van der Waals surface area (Å²) in [6.07, 6.45) is 1.35. The van der Waals surface area contributed by atoms with Gasteiger partial charge in [0.05, 0.1) is 16.8 Å². The van der Waals surface area contributed by atoms with Gasteiger partial charge in [0.1, 0.15) is 10.4 Å². The lowest BCUT2D eigenvalue weighted by Gasteiger charge is -2.41. The van der Waals surface area contributed by atoms with E-state index < -0.39 is 49.4 Å². The van der Waals surface area contributed by atoms with Crippen molar-refractivity contribution in [1.29, 1.82) is 0 Å². The molecule has 12 heteroatoms. The second-order valence-electron chi connectivity index (χ2n) is 11.1. The number of sulfonamides is 1. The molecule has 43 heavy (non-hydrogen) atoms. The van der Waals surface area contributed by atoms with Gasteiger partial charge in [-0.15, -0.1) is 0 Å². The minimum Gasteiger partial charge on any atom is -0.361 e. The van der Waals surface area contributed by atoms with Gasteiger partial charge in [0.25, 0.3) is 10.0 Å². The summed E-state index contributed by atoms with van der Waals surface area (Å²) in [5, 5.41) is 3.03. The largest absolute Gasteiger partial charge is 0.474 e. The lowest BCUT2D eigenvalue weighted by Crippen LogP contribution is -2.65. The molecule has 5 rings (SSSR count). The number of nitrogens with one attached hydrogen (secondary N) is 2. The maximum Gasteiger partial charge on any atom is 0.474 e. The lowest BCUT2D eigenvalue weighted by atomic mass is 9.81. The van der Waals surface area contributed by atoms with Crippen LogP contribution in [0.25, 0.3) is 10.9 Å². The molecule has 0 saturated heterocycles. The predicted molar refractivity (Wildman–Crippen MR) is 159 cm³/mol. The zero-order valence-electron chi connectivity index (χ0n) is 23.4.